The SMILES string of the molecule is CCCCCCN1CCC2(CC1)CC(N1CCCC1=O)c1cc(NS(C)(=O)=O)ccc1O2.Cl. The van der Waals surface area contributed by atoms with Crippen molar-refractivity contribution in [3.8, 4) is 5.75 Å². The molecular weight excluding hydrogens is 462 g/mol. The summed E-state index contributed by atoms with van der Waals surface area (Å²) in [6.45, 7) is 6.20. The van der Waals surface area contributed by atoms with Crippen LogP contribution in [0, 0.1) is 0 Å². The zero-order valence-electron chi connectivity index (χ0n) is 19.8. The lowest BCUT2D eigenvalue weighted by Gasteiger charge is -2.48. The fraction of sp³-hybridized carbons (Fsp3) is 0.708. The molecule has 9 heteroatoms. The smallest absolute Gasteiger partial charge is 0.229 e. The largest absolute Gasteiger partial charge is 0.487 e. The standard InChI is InChI=1S/C24H37N3O4S.ClH/c1-3-4-5-6-13-26-15-11-24(12-16-26)18-21(27-14-7-8-23(27)28)20-17-19(25-32(2,29)30)9-10-22(20)31-24;/h9-10,17,21,25H,3-8,11-16,18H2,1-2H3;1H. The quantitative estimate of drug-likeness (QED) is 0.538. The van der Waals surface area contributed by atoms with Crippen LogP contribution in [0.3, 0.4) is 0 Å². The van der Waals surface area contributed by atoms with E-state index in [1.807, 2.05) is 17.0 Å². The highest BCUT2D eigenvalue weighted by Crippen LogP contribution is 2.48. The molecule has 1 amide bonds. The molecule has 0 bridgehead atoms. The second-order valence-electron chi connectivity index (χ2n) is 9.72. The minimum Gasteiger partial charge on any atom is -0.487 e. The number of nitrogens with zero attached hydrogens (tertiary/aromatic N) is 2. The van der Waals surface area contributed by atoms with E-state index in [4.69, 9.17) is 4.74 Å². The fourth-order valence-corrected chi connectivity index (χ4v) is 6.00. The van der Waals surface area contributed by atoms with Crippen LogP contribution in [-0.4, -0.2) is 62.2 Å². The second-order valence-corrected chi connectivity index (χ2v) is 11.5. The van der Waals surface area contributed by atoms with E-state index in [1.54, 1.807) is 6.07 Å². The lowest BCUT2D eigenvalue weighted by Crippen LogP contribution is -2.52. The van der Waals surface area contributed by atoms with Crippen LogP contribution in [0.1, 0.15) is 76.3 Å². The van der Waals surface area contributed by atoms with Gasteiger partial charge in [-0.05, 0) is 50.4 Å². The molecule has 1 atom stereocenters. The van der Waals surface area contributed by atoms with E-state index >= 15 is 0 Å². The average molecular weight is 500 g/mol. The number of likely N-dealkylation sites (tertiary alicyclic amines) is 2. The molecule has 0 saturated carbocycles. The molecule has 2 saturated heterocycles. The Hall–Kier alpha value is -1.51. The molecule has 0 aliphatic carbocycles. The van der Waals surface area contributed by atoms with Crippen molar-refractivity contribution in [1.29, 1.82) is 0 Å². The monoisotopic (exact) mass is 499 g/mol. The summed E-state index contributed by atoms with van der Waals surface area (Å²) in [5.41, 5.74) is 1.18. The molecule has 1 N–H and O–H groups in total. The van der Waals surface area contributed by atoms with Crippen LogP contribution in [-0.2, 0) is 14.8 Å². The minimum absolute atomic E-state index is 0. The van der Waals surface area contributed by atoms with Gasteiger partial charge in [-0.25, -0.2) is 8.42 Å². The Labute approximate surface area is 204 Å². The van der Waals surface area contributed by atoms with Gasteiger partial charge in [-0.15, -0.1) is 12.4 Å². The summed E-state index contributed by atoms with van der Waals surface area (Å²) in [5, 5.41) is 0. The Morgan fingerprint density at radius 2 is 1.91 bits per heavy atom. The number of rotatable bonds is 8. The summed E-state index contributed by atoms with van der Waals surface area (Å²) in [6.07, 6.45) is 10.4. The molecule has 1 spiro atoms. The predicted octanol–water partition coefficient (Wildman–Crippen LogP) is 4.34. The first-order valence-corrected chi connectivity index (χ1v) is 14.0. The predicted molar refractivity (Wildman–Crippen MR) is 134 cm³/mol. The summed E-state index contributed by atoms with van der Waals surface area (Å²) in [4.78, 5) is 17.2. The number of piperidine rings is 1. The first-order valence-electron chi connectivity index (χ1n) is 12.1. The number of unbranched alkanes of at least 4 members (excludes halogenated alkanes) is 3. The molecule has 2 fully saturated rings. The maximum Gasteiger partial charge on any atom is 0.229 e. The van der Waals surface area contributed by atoms with Crippen LogP contribution < -0.4 is 9.46 Å². The highest BCUT2D eigenvalue weighted by atomic mass is 35.5. The van der Waals surface area contributed by atoms with Crippen molar-refractivity contribution in [3.05, 3.63) is 23.8 Å². The normalized spacial score (nSPS) is 22.5. The van der Waals surface area contributed by atoms with E-state index < -0.39 is 10.0 Å². The van der Waals surface area contributed by atoms with Gasteiger partial charge in [-0.3, -0.25) is 9.52 Å². The molecule has 0 radical (unpaired) electrons. The van der Waals surface area contributed by atoms with Gasteiger partial charge in [0, 0.05) is 43.7 Å². The van der Waals surface area contributed by atoms with Gasteiger partial charge in [-0.1, -0.05) is 26.2 Å². The van der Waals surface area contributed by atoms with Gasteiger partial charge in [0.2, 0.25) is 15.9 Å². The lowest BCUT2D eigenvalue weighted by molar-refractivity contribution is -0.132. The fourth-order valence-electron chi connectivity index (χ4n) is 5.45. The Morgan fingerprint density at radius 3 is 2.55 bits per heavy atom. The number of anilines is 1. The van der Waals surface area contributed by atoms with Crippen molar-refractivity contribution in [1.82, 2.24) is 9.80 Å². The Bertz CT molecular complexity index is 932. The van der Waals surface area contributed by atoms with Crippen LogP contribution in [0.15, 0.2) is 18.2 Å². The number of halogens is 1. The average Bonchev–Trinajstić information content (AvgIpc) is 3.17. The first-order chi connectivity index (χ1) is 15.3. The van der Waals surface area contributed by atoms with Gasteiger partial charge in [-0.2, -0.15) is 0 Å². The van der Waals surface area contributed by atoms with Crippen LogP contribution in [0.25, 0.3) is 0 Å². The topological polar surface area (TPSA) is 79.0 Å². The molecule has 1 unspecified atom stereocenters. The Balaban J connectivity index is 0.00000306. The van der Waals surface area contributed by atoms with Gasteiger partial charge in [0.1, 0.15) is 11.4 Å². The number of fused-ring (bicyclic) bond motifs is 1. The third kappa shape index (κ3) is 6.34. The van der Waals surface area contributed by atoms with E-state index in [9.17, 15) is 13.2 Å². The summed E-state index contributed by atoms with van der Waals surface area (Å²) < 4.78 is 32.6. The Kier molecular flexibility index (Phi) is 8.56. The van der Waals surface area contributed by atoms with E-state index in [-0.39, 0.29) is 30.0 Å². The zero-order chi connectivity index (χ0) is 22.8. The maximum absolute atomic E-state index is 12.7. The summed E-state index contributed by atoms with van der Waals surface area (Å²) in [5.74, 6) is 0.976. The number of hydrogen-bond acceptors (Lipinski definition) is 5. The summed E-state index contributed by atoms with van der Waals surface area (Å²) in [6, 6.07) is 5.41. The van der Waals surface area contributed by atoms with Gasteiger partial charge in [0.05, 0.1) is 12.3 Å². The number of ether oxygens (including phenoxy) is 1. The van der Waals surface area contributed by atoms with Crippen molar-refractivity contribution in [2.45, 2.75) is 76.4 Å². The van der Waals surface area contributed by atoms with Crippen LogP contribution >= 0.6 is 12.4 Å². The summed E-state index contributed by atoms with van der Waals surface area (Å²) >= 11 is 0. The van der Waals surface area contributed by atoms with Crippen molar-refractivity contribution in [2.75, 3.05) is 37.2 Å². The van der Waals surface area contributed by atoms with Gasteiger partial charge < -0.3 is 14.5 Å². The molecular formula is C24H38ClN3O4S. The third-order valence-electron chi connectivity index (χ3n) is 7.15. The summed E-state index contributed by atoms with van der Waals surface area (Å²) in [7, 11) is -3.37. The first kappa shape index (κ1) is 26.1. The molecule has 33 heavy (non-hydrogen) atoms. The third-order valence-corrected chi connectivity index (χ3v) is 7.75. The highest BCUT2D eigenvalue weighted by Gasteiger charge is 2.46. The van der Waals surface area contributed by atoms with Crippen LogP contribution in [0.2, 0.25) is 0 Å². The van der Waals surface area contributed by atoms with Crippen molar-refractivity contribution in [3.63, 3.8) is 0 Å². The minimum atomic E-state index is -3.37. The number of sulfonamides is 1. The van der Waals surface area contributed by atoms with Crippen molar-refractivity contribution >= 4 is 34.0 Å². The van der Waals surface area contributed by atoms with E-state index in [2.05, 4.69) is 16.5 Å². The van der Waals surface area contributed by atoms with Crippen molar-refractivity contribution in [2.24, 2.45) is 0 Å². The highest BCUT2D eigenvalue weighted by molar-refractivity contribution is 7.92. The Morgan fingerprint density at radius 1 is 1.15 bits per heavy atom. The molecule has 0 aromatic heterocycles. The number of hydrogen-bond donors (Lipinski definition) is 1. The molecule has 7 nitrogen and oxygen atoms in total. The van der Waals surface area contributed by atoms with Gasteiger partial charge in [0.25, 0.3) is 0 Å². The van der Waals surface area contributed by atoms with Gasteiger partial charge in [0.15, 0.2) is 0 Å². The molecule has 4 rings (SSSR count). The maximum atomic E-state index is 12.7. The number of carbonyl (C=O) groups excluding carboxylic acids is 1. The van der Waals surface area contributed by atoms with E-state index in [0.717, 1.165) is 69.4 Å². The number of nitrogens with one attached hydrogen (secondary N) is 1. The number of amides is 1. The van der Waals surface area contributed by atoms with Crippen LogP contribution in [0.4, 0.5) is 5.69 Å². The molecule has 3 aliphatic rings. The van der Waals surface area contributed by atoms with Crippen molar-refractivity contribution < 1.29 is 17.9 Å². The number of carbonyl (C=O) groups is 1. The molecule has 3 heterocycles. The number of benzene rings is 1. The molecule has 3 aliphatic heterocycles. The molecule has 186 valence electrons. The van der Waals surface area contributed by atoms with E-state index in [1.165, 1.54) is 25.7 Å². The van der Waals surface area contributed by atoms with Gasteiger partial charge >= 0.3 is 0 Å². The lowest BCUT2D eigenvalue weighted by atomic mass is 9.80. The van der Waals surface area contributed by atoms with E-state index in [0.29, 0.717) is 12.1 Å². The zero-order valence-corrected chi connectivity index (χ0v) is 21.5. The molecule has 1 aromatic carbocycles. The van der Waals surface area contributed by atoms with Crippen LogP contribution in [0.5, 0.6) is 5.75 Å². The second kappa shape index (κ2) is 10.8. The molecule has 1 aromatic rings.